The van der Waals surface area contributed by atoms with E-state index in [1.807, 2.05) is 0 Å². The largest absolute Gasteiger partial charge is 0.310 e. The third-order valence-corrected chi connectivity index (χ3v) is 14.3. The number of anilines is 3. The molecule has 318 valence electrons. The van der Waals surface area contributed by atoms with Crippen LogP contribution < -0.4 is 4.90 Å². The van der Waals surface area contributed by atoms with E-state index < -0.39 is 5.41 Å². The van der Waals surface area contributed by atoms with E-state index in [0.717, 1.165) is 22.6 Å². The highest BCUT2D eigenvalue weighted by Crippen LogP contribution is 2.59. The molecule has 0 bridgehead atoms. The SMILES string of the molecule is c1ccc(C2(c3ccccc3)c3ccccc3-c3c(N(c4ccc(-c5cccc6ccccc56)cc4)c4cccc(-c5cccc(-c6cc7ccccc7c7ccccc67)c5)c4)cccc32)cc1. The zero-order chi connectivity index (χ0) is 45.0. The van der Waals surface area contributed by atoms with Crippen molar-refractivity contribution in [2.24, 2.45) is 0 Å². The molecule has 0 aliphatic heterocycles. The van der Waals surface area contributed by atoms with E-state index in [2.05, 4.69) is 278 Å². The number of fused-ring (bicyclic) bond motifs is 7. The van der Waals surface area contributed by atoms with Crippen LogP contribution in [0.1, 0.15) is 22.3 Å². The van der Waals surface area contributed by atoms with E-state index in [1.165, 1.54) is 93.5 Å². The molecule has 0 fully saturated rings. The van der Waals surface area contributed by atoms with Gasteiger partial charge >= 0.3 is 0 Å². The number of nitrogens with zero attached hydrogens (tertiary/aromatic N) is 1. The van der Waals surface area contributed by atoms with Gasteiger partial charge in [-0.2, -0.15) is 0 Å². The molecule has 0 saturated heterocycles. The molecule has 1 aliphatic rings. The summed E-state index contributed by atoms with van der Waals surface area (Å²) in [5.41, 5.74) is 17.5. The van der Waals surface area contributed by atoms with Gasteiger partial charge in [-0.05, 0) is 136 Å². The van der Waals surface area contributed by atoms with E-state index in [9.17, 15) is 0 Å². The van der Waals surface area contributed by atoms with Crippen molar-refractivity contribution >= 4 is 49.4 Å². The highest BCUT2D eigenvalue weighted by molar-refractivity contribution is 6.14. The van der Waals surface area contributed by atoms with Gasteiger partial charge in [0.05, 0.1) is 11.1 Å². The fraction of sp³-hybridized carbons (Fsp3) is 0.0149. The van der Waals surface area contributed by atoms with Crippen LogP contribution in [-0.2, 0) is 5.41 Å². The van der Waals surface area contributed by atoms with E-state index >= 15 is 0 Å². The Kier molecular flexibility index (Phi) is 9.47. The Balaban J connectivity index is 1.01. The van der Waals surface area contributed by atoms with Crippen LogP contribution in [0.15, 0.2) is 273 Å². The van der Waals surface area contributed by atoms with Crippen LogP contribution in [0.4, 0.5) is 17.1 Å². The Bertz CT molecular complexity index is 3800. The van der Waals surface area contributed by atoms with E-state index in [-0.39, 0.29) is 0 Å². The lowest BCUT2D eigenvalue weighted by molar-refractivity contribution is 0.768. The fourth-order valence-corrected chi connectivity index (χ4v) is 11.3. The van der Waals surface area contributed by atoms with E-state index in [0.29, 0.717) is 0 Å². The van der Waals surface area contributed by atoms with Crippen molar-refractivity contribution in [2.75, 3.05) is 4.90 Å². The molecule has 0 radical (unpaired) electrons. The van der Waals surface area contributed by atoms with E-state index in [1.54, 1.807) is 0 Å². The minimum absolute atomic E-state index is 0.524. The van der Waals surface area contributed by atoms with Gasteiger partial charge in [0.2, 0.25) is 0 Å². The van der Waals surface area contributed by atoms with Gasteiger partial charge in [0, 0.05) is 16.9 Å². The highest BCUT2D eigenvalue weighted by Gasteiger charge is 2.47. The van der Waals surface area contributed by atoms with Crippen LogP contribution in [0.2, 0.25) is 0 Å². The lowest BCUT2D eigenvalue weighted by Crippen LogP contribution is -2.28. The molecule has 0 saturated carbocycles. The molecule has 1 aliphatic carbocycles. The minimum atomic E-state index is -0.524. The molecule has 1 heteroatoms. The molecule has 12 aromatic carbocycles. The first-order chi connectivity index (χ1) is 33.7. The van der Waals surface area contributed by atoms with Crippen molar-refractivity contribution in [1.82, 2.24) is 0 Å². The van der Waals surface area contributed by atoms with Crippen molar-refractivity contribution in [3.8, 4) is 44.5 Å². The Labute approximate surface area is 397 Å². The van der Waals surface area contributed by atoms with Crippen molar-refractivity contribution in [3.05, 3.63) is 295 Å². The zero-order valence-electron chi connectivity index (χ0n) is 37.4. The molecule has 0 amide bonds. The summed E-state index contributed by atoms with van der Waals surface area (Å²) in [6, 6.07) is 101. The average Bonchev–Trinajstić information content (AvgIpc) is 3.73. The zero-order valence-corrected chi connectivity index (χ0v) is 37.4. The maximum Gasteiger partial charge on any atom is 0.0714 e. The van der Waals surface area contributed by atoms with Gasteiger partial charge in [-0.3, -0.25) is 0 Å². The summed E-state index contributed by atoms with van der Waals surface area (Å²) in [5, 5.41) is 7.55. The van der Waals surface area contributed by atoms with Crippen LogP contribution in [0.5, 0.6) is 0 Å². The van der Waals surface area contributed by atoms with Gasteiger partial charge in [0.25, 0.3) is 0 Å². The molecule has 1 nitrogen and oxygen atoms in total. The first kappa shape index (κ1) is 39.6. The summed E-state index contributed by atoms with van der Waals surface area (Å²) < 4.78 is 0. The van der Waals surface area contributed by atoms with Crippen molar-refractivity contribution < 1.29 is 0 Å². The molecular formula is C67H45N. The Morgan fingerprint density at radius 3 is 1.59 bits per heavy atom. The van der Waals surface area contributed by atoms with Gasteiger partial charge < -0.3 is 4.90 Å². The second-order valence-corrected chi connectivity index (χ2v) is 18.0. The summed E-state index contributed by atoms with van der Waals surface area (Å²) in [5.74, 6) is 0. The molecule has 0 heterocycles. The minimum Gasteiger partial charge on any atom is -0.310 e. The summed E-state index contributed by atoms with van der Waals surface area (Å²) in [6.45, 7) is 0. The van der Waals surface area contributed by atoms with E-state index in [4.69, 9.17) is 0 Å². The quantitative estimate of drug-likeness (QED) is 0.138. The topological polar surface area (TPSA) is 3.24 Å². The van der Waals surface area contributed by atoms with Gasteiger partial charge in [-0.1, -0.05) is 231 Å². The second-order valence-electron chi connectivity index (χ2n) is 18.0. The van der Waals surface area contributed by atoms with Crippen LogP contribution in [0, 0.1) is 0 Å². The predicted molar refractivity (Wildman–Crippen MR) is 287 cm³/mol. The standard InChI is InChI=1S/C67H45N/c1-3-25-52(26-4-1)67(53-27-5-2-6-28-53)63-36-14-13-34-61(63)66-64(67)37-18-38-65(66)68(54-41-39-47(40-42-54)57-35-17-21-46-19-7-9-30-56(46)57)55-29-16-23-49(44-55)48-22-15-24-50(43-48)62-45-51-20-8-10-31-58(51)59-32-11-12-33-60(59)62/h1-45H. The molecule has 0 unspecified atom stereocenters. The lowest BCUT2D eigenvalue weighted by atomic mass is 9.68. The third kappa shape index (κ3) is 6.32. The number of benzene rings is 12. The second kappa shape index (κ2) is 16.3. The first-order valence-electron chi connectivity index (χ1n) is 23.6. The van der Waals surface area contributed by atoms with Crippen LogP contribution >= 0.6 is 0 Å². The summed E-state index contributed by atoms with van der Waals surface area (Å²) in [6.07, 6.45) is 0. The number of hydrogen-bond acceptors (Lipinski definition) is 1. The molecule has 0 atom stereocenters. The summed E-state index contributed by atoms with van der Waals surface area (Å²) >= 11 is 0. The van der Waals surface area contributed by atoms with Crippen molar-refractivity contribution in [3.63, 3.8) is 0 Å². The van der Waals surface area contributed by atoms with Gasteiger partial charge in [0.1, 0.15) is 0 Å². The Hall–Kier alpha value is -8.78. The predicted octanol–water partition coefficient (Wildman–Crippen LogP) is 18.0. The smallest absolute Gasteiger partial charge is 0.0714 e. The monoisotopic (exact) mass is 863 g/mol. The average molecular weight is 864 g/mol. The molecule has 0 N–H and O–H groups in total. The lowest BCUT2D eigenvalue weighted by Gasteiger charge is -2.34. The molecule has 13 rings (SSSR count). The van der Waals surface area contributed by atoms with Crippen LogP contribution in [0.3, 0.4) is 0 Å². The number of hydrogen-bond donors (Lipinski definition) is 0. The normalized spacial score (nSPS) is 12.5. The third-order valence-electron chi connectivity index (χ3n) is 14.3. The molecule has 0 spiro atoms. The van der Waals surface area contributed by atoms with Gasteiger partial charge in [-0.15, -0.1) is 0 Å². The van der Waals surface area contributed by atoms with Crippen LogP contribution in [0.25, 0.3) is 76.8 Å². The molecule has 0 aromatic heterocycles. The Morgan fingerprint density at radius 2 is 0.809 bits per heavy atom. The van der Waals surface area contributed by atoms with Crippen LogP contribution in [-0.4, -0.2) is 0 Å². The maximum atomic E-state index is 2.48. The van der Waals surface area contributed by atoms with Crippen molar-refractivity contribution in [1.29, 1.82) is 0 Å². The maximum absolute atomic E-state index is 2.48. The van der Waals surface area contributed by atoms with Crippen molar-refractivity contribution in [2.45, 2.75) is 5.41 Å². The molecule has 12 aromatic rings. The van der Waals surface area contributed by atoms with Gasteiger partial charge in [0.15, 0.2) is 0 Å². The summed E-state index contributed by atoms with van der Waals surface area (Å²) in [7, 11) is 0. The number of rotatable bonds is 8. The molecule has 68 heavy (non-hydrogen) atoms. The Morgan fingerprint density at radius 1 is 0.265 bits per heavy atom. The fourth-order valence-electron chi connectivity index (χ4n) is 11.3. The van der Waals surface area contributed by atoms with Gasteiger partial charge in [-0.25, -0.2) is 0 Å². The highest BCUT2D eigenvalue weighted by atomic mass is 15.1. The first-order valence-corrected chi connectivity index (χ1v) is 23.6. The summed E-state index contributed by atoms with van der Waals surface area (Å²) in [4.78, 5) is 2.48. The molecular weight excluding hydrogens is 819 g/mol.